The number of aliphatic hydroxyl groups is 2. The summed E-state index contributed by atoms with van der Waals surface area (Å²) in [5.74, 6) is 0.588. The van der Waals surface area contributed by atoms with Gasteiger partial charge < -0.3 is 40.7 Å². The van der Waals surface area contributed by atoms with E-state index in [2.05, 4.69) is 20.9 Å². The van der Waals surface area contributed by atoms with Crippen molar-refractivity contribution < 1.29 is 24.5 Å². The first-order valence-corrected chi connectivity index (χ1v) is 12.8. The highest BCUT2D eigenvalue weighted by molar-refractivity contribution is 6.00. The molecule has 3 aromatic carbocycles. The molecule has 0 unspecified atom stereocenters. The Labute approximate surface area is 228 Å². The average Bonchev–Trinajstić information content (AvgIpc) is 2.94. The van der Waals surface area contributed by atoms with Crippen LogP contribution in [0, 0.1) is 13.8 Å². The lowest BCUT2D eigenvalue weighted by Gasteiger charge is -2.36. The number of piperazine rings is 1. The summed E-state index contributed by atoms with van der Waals surface area (Å²) in [6.45, 7) is 5.92. The first kappa shape index (κ1) is 27.7. The second-order valence-corrected chi connectivity index (χ2v) is 9.51. The Morgan fingerprint density at radius 2 is 1.62 bits per heavy atom. The Kier molecular flexibility index (Phi) is 8.90. The number of ether oxygens (including phenoxy) is 1. The Balaban J connectivity index is 1.28. The van der Waals surface area contributed by atoms with Gasteiger partial charge in [0, 0.05) is 43.2 Å². The van der Waals surface area contributed by atoms with Crippen molar-refractivity contribution in [1.29, 1.82) is 0 Å². The van der Waals surface area contributed by atoms with Gasteiger partial charge in [-0.2, -0.15) is 0 Å². The molecule has 1 atom stereocenters. The number of carbonyl (C=O) groups excluding carboxylic acids is 2. The number of nitrogens with zero attached hydrogens (tertiary/aromatic N) is 2. The Morgan fingerprint density at radius 1 is 0.897 bits per heavy atom. The predicted octanol–water partition coefficient (Wildman–Crippen LogP) is 4.34. The maximum Gasteiger partial charge on any atom is 0.323 e. The fraction of sp³-hybridized carbons (Fsp3) is 0.310. The second-order valence-electron chi connectivity index (χ2n) is 9.51. The van der Waals surface area contributed by atoms with Crippen molar-refractivity contribution in [2.45, 2.75) is 20.0 Å². The lowest BCUT2D eigenvalue weighted by atomic mass is 10.1. The van der Waals surface area contributed by atoms with Crippen LogP contribution in [0.1, 0.15) is 22.8 Å². The topological polar surface area (TPSA) is 126 Å². The van der Waals surface area contributed by atoms with Crippen LogP contribution in [0.25, 0.3) is 0 Å². The smallest absolute Gasteiger partial charge is 0.323 e. The minimum Gasteiger partial charge on any atom is -0.495 e. The van der Waals surface area contributed by atoms with E-state index in [0.717, 1.165) is 16.8 Å². The van der Waals surface area contributed by atoms with E-state index < -0.39 is 6.10 Å². The molecule has 10 heteroatoms. The summed E-state index contributed by atoms with van der Waals surface area (Å²) in [5.41, 5.74) is 5.37. The zero-order valence-corrected chi connectivity index (χ0v) is 22.4. The summed E-state index contributed by atoms with van der Waals surface area (Å²) >= 11 is 0. The van der Waals surface area contributed by atoms with Crippen LogP contribution < -0.4 is 25.6 Å². The lowest BCUT2D eigenvalue weighted by Crippen LogP contribution is -2.50. The fourth-order valence-corrected chi connectivity index (χ4v) is 4.46. The van der Waals surface area contributed by atoms with E-state index in [9.17, 15) is 14.7 Å². The third-order valence-electron chi connectivity index (χ3n) is 6.71. The molecule has 0 saturated carbocycles. The minimum absolute atomic E-state index is 0.177. The molecule has 4 rings (SSSR count). The van der Waals surface area contributed by atoms with Crippen molar-refractivity contribution >= 4 is 34.8 Å². The van der Waals surface area contributed by atoms with Crippen molar-refractivity contribution in [1.82, 2.24) is 4.90 Å². The van der Waals surface area contributed by atoms with E-state index in [4.69, 9.17) is 9.84 Å². The van der Waals surface area contributed by atoms with Crippen molar-refractivity contribution in [3.8, 4) is 5.75 Å². The van der Waals surface area contributed by atoms with Gasteiger partial charge >= 0.3 is 12.1 Å². The zero-order valence-electron chi connectivity index (χ0n) is 22.4. The maximum atomic E-state index is 12.8. The van der Waals surface area contributed by atoms with Gasteiger partial charge in [0.15, 0.2) is 0 Å². The van der Waals surface area contributed by atoms with Crippen molar-refractivity contribution in [3.63, 3.8) is 0 Å². The molecule has 0 bridgehead atoms. The third-order valence-corrected chi connectivity index (χ3v) is 6.71. The number of benzene rings is 3. The summed E-state index contributed by atoms with van der Waals surface area (Å²) < 4.78 is 5.31. The lowest BCUT2D eigenvalue weighted by molar-refractivity contribution is 0.0956. The number of rotatable bonds is 7. The number of anilines is 4. The van der Waals surface area contributed by atoms with Gasteiger partial charge in [0.2, 0.25) is 0 Å². The zero-order chi connectivity index (χ0) is 27.9. The standard InChI is InChI=1S/C29H35N5O5/c1-19-4-11-27(39-3)25(16-19)31-28(37)30-22-6-8-23(9-7-22)33-12-14-34(15-13-33)29(38)32-24-10-5-21(17-20(24)2)26(36)18-35/h4-11,16-17,26,35-36H,12-15,18H2,1-3H3,(H,32,38)(H2,30,31,37)/t26-/m1/s1. The van der Waals surface area contributed by atoms with Crippen LogP contribution in [0.5, 0.6) is 5.75 Å². The van der Waals surface area contributed by atoms with Crippen LogP contribution in [0.4, 0.5) is 32.3 Å². The quantitative estimate of drug-likeness (QED) is 0.308. The molecule has 1 fully saturated rings. The highest BCUT2D eigenvalue weighted by Gasteiger charge is 2.22. The number of carbonyl (C=O) groups is 2. The molecule has 1 aliphatic rings. The van der Waals surface area contributed by atoms with Gasteiger partial charge in [-0.15, -0.1) is 0 Å². The SMILES string of the molecule is COc1ccc(C)cc1NC(=O)Nc1ccc(N2CCN(C(=O)Nc3ccc([C@H](O)CO)cc3C)CC2)cc1. The molecule has 0 radical (unpaired) electrons. The first-order valence-electron chi connectivity index (χ1n) is 12.8. The molecule has 0 aromatic heterocycles. The molecular formula is C29H35N5O5. The average molecular weight is 534 g/mol. The van der Waals surface area contributed by atoms with Crippen molar-refractivity contribution in [2.75, 3.05) is 60.7 Å². The molecule has 0 aliphatic carbocycles. The molecule has 10 nitrogen and oxygen atoms in total. The van der Waals surface area contributed by atoms with Crippen LogP contribution in [-0.2, 0) is 0 Å². The number of aliphatic hydroxyl groups excluding tert-OH is 2. The van der Waals surface area contributed by atoms with Gasteiger partial charge in [0.05, 0.1) is 19.4 Å². The maximum absolute atomic E-state index is 12.8. The van der Waals surface area contributed by atoms with Gasteiger partial charge in [-0.25, -0.2) is 9.59 Å². The van der Waals surface area contributed by atoms with Gasteiger partial charge in [0.1, 0.15) is 11.9 Å². The number of methoxy groups -OCH3 is 1. The van der Waals surface area contributed by atoms with Gasteiger partial charge in [0.25, 0.3) is 0 Å². The molecule has 39 heavy (non-hydrogen) atoms. The van der Waals surface area contributed by atoms with Crippen LogP contribution in [0.2, 0.25) is 0 Å². The van der Waals surface area contributed by atoms with Crippen LogP contribution in [0.15, 0.2) is 60.7 Å². The molecule has 3 aromatic rings. The number of amides is 4. The normalized spacial score (nSPS) is 14.0. The molecule has 1 heterocycles. The Hall–Kier alpha value is -4.28. The largest absolute Gasteiger partial charge is 0.495 e. The van der Waals surface area contributed by atoms with Crippen LogP contribution in [-0.4, -0.2) is 67.1 Å². The van der Waals surface area contributed by atoms with Crippen LogP contribution >= 0.6 is 0 Å². The summed E-state index contributed by atoms with van der Waals surface area (Å²) in [5, 5.41) is 27.6. The molecule has 0 spiro atoms. The minimum atomic E-state index is -0.939. The molecule has 1 aliphatic heterocycles. The third kappa shape index (κ3) is 6.98. The summed E-state index contributed by atoms with van der Waals surface area (Å²) in [7, 11) is 1.56. The Bertz CT molecular complexity index is 1310. The summed E-state index contributed by atoms with van der Waals surface area (Å²) in [6, 6.07) is 17.8. The molecule has 1 saturated heterocycles. The van der Waals surface area contributed by atoms with E-state index in [0.29, 0.717) is 54.6 Å². The highest BCUT2D eigenvalue weighted by Crippen LogP contribution is 2.26. The number of nitrogens with one attached hydrogen (secondary N) is 3. The molecular weight excluding hydrogens is 498 g/mol. The summed E-state index contributed by atoms with van der Waals surface area (Å²) in [6.07, 6.45) is -0.939. The number of hydrogen-bond donors (Lipinski definition) is 5. The number of urea groups is 2. The fourth-order valence-electron chi connectivity index (χ4n) is 4.46. The second kappa shape index (κ2) is 12.5. The van der Waals surface area contributed by atoms with Gasteiger partial charge in [-0.05, 0) is 73.0 Å². The van der Waals surface area contributed by atoms with E-state index in [1.54, 1.807) is 30.2 Å². The Morgan fingerprint density at radius 3 is 2.26 bits per heavy atom. The van der Waals surface area contributed by atoms with Gasteiger partial charge in [-0.1, -0.05) is 18.2 Å². The van der Waals surface area contributed by atoms with E-state index in [-0.39, 0.29) is 18.7 Å². The highest BCUT2D eigenvalue weighted by atomic mass is 16.5. The predicted molar refractivity (Wildman–Crippen MR) is 153 cm³/mol. The number of aryl methyl sites for hydroxylation is 2. The number of hydrogen-bond acceptors (Lipinski definition) is 6. The van der Waals surface area contributed by atoms with E-state index >= 15 is 0 Å². The molecule has 5 N–H and O–H groups in total. The molecule has 206 valence electrons. The van der Waals surface area contributed by atoms with Gasteiger partial charge in [-0.3, -0.25) is 0 Å². The molecule has 4 amide bonds. The first-order chi connectivity index (χ1) is 18.8. The van der Waals surface area contributed by atoms with E-state index in [1.807, 2.05) is 56.3 Å². The van der Waals surface area contributed by atoms with Crippen LogP contribution in [0.3, 0.4) is 0 Å². The van der Waals surface area contributed by atoms with Crippen molar-refractivity contribution in [3.05, 3.63) is 77.4 Å². The monoisotopic (exact) mass is 533 g/mol. The van der Waals surface area contributed by atoms with Crippen molar-refractivity contribution in [2.24, 2.45) is 0 Å². The van der Waals surface area contributed by atoms with E-state index in [1.165, 1.54) is 0 Å². The summed E-state index contributed by atoms with van der Waals surface area (Å²) in [4.78, 5) is 29.3.